The molecular weight excluding hydrogens is 362 g/mol. The number of para-hydroxylation sites is 1. The van der Waals surface area contributed by atoms with Crippen molar-refractivity contribution in [3.05, 3.63) is 59.1 Å². The van der Waals surface area contributed by atoms with Crippen molar-refractivity contribution in [1.29, 1.82) is 0 Å². The van der Waals surface area contributed by atoms with Gasteiger partial charge in [0.1, 0.15) is 0 Å². The van der Waals surface area contributed by atoms with E-state index in [1.54, 1.807) is 11.3 Å². The molecule has 2 N–H and O–H groups in total. The Labute approximate surface area is 162 Å². The van der Waals surface area contributed by atoms with E-state index in [1.165, 1.54) is 10.3 Å². The number of nitrogens with zero attached hydrogens (tertiary/aromatic N) is 1. The van der Waals surface area contributed by atoms with Gasteiger partial charge in [0.15, 0.2) is 5.11 Å². The first kappa shape index (κ1) is 18.5. The van der Waals surface area contributed by atoms with Gasteiger partial charge in [-0.15, -0.1) is 11.3 Å². The number of amides is 1. The van der Waals surface area contributed by atoms with Crippen LogP contribution in [0.4, 0.5) is 5.69 Å². The van der Waals surface area contributed by atoms with Gasteiger partial charge in [0, 0.05) is 18.5 Å². The molecule has 0 spiro atoms. The molecule has 3 rings (SSSR count). The number of thiazole rings is 1. The number of fused-ring (bicyclic) bond motifs is 1. The predicted octanol–water partition coefficient (Wildman–Crippen LogP) is 4.75. The molecule has 1 heterocycles. The first-order chi connectivity index (χ1) is 12.5. The number of benzene rings is 2. The van der Waals surface area contributed by atoms with Gasteiger partial charge < -0.3 is 10.6 Å². The van der Waals surface area contributed by atoms with Crippen LogP contribution in [0.25, 0.3) is 10.2 Å². The largest absolute Gasteiger partial charge is 0.332 e. The average molecular weight is 384 g/mol. The minimum absolute atomic E-state index is 0.0649. The number of anilines is 1. The number of rotatable bonds is 5. The van der Waals surface area contributed by atoms with E-state index in [2.05, 4.69) is 21.7 Å². The van der Waals surface area contributed by atoms with E-state index >= 15 is 0 Å². The molecule has 3 aromatic rings. The summed E-state index contributed by atoms with van der Waals surface area (Å²) in [5.41, 5.74) is 3.09. The van der Waals surface area contributed by atoms with Gasteiger partial charge in [-0.2, -0.15) is 0 Å². The second-order valence-electron chi connectivity index (χ2n) is 6.55. The minimum atomic E-state index is -0.0649. The van der Waals surface area contributed by atoms with E-state index in [0.717, 1.165) is 22.6 Å². The van der Waals surface area contributed by atoms with Gasteiger partial charge in [-0.1, -0.05) is 38.1 Å². The third kappa shape index (κ3) is 5.09. The van der Waals surface area contributed by atoms with Gasteiger partial charge in [-0.25, -0.2) is 4.98 Å². The van der Waals surface area contributed by atoms with Crippen LogP contribution >= 0.6 is 23.6 Å². The lowest BCUT2D eigenvalue weighted by Crippen LogP contribution is -2.34. The predicted molar refractivity (Wildman–Crippen MR) is 113 cm³/mol. The maximum atomic E-state index is 11.7. The maximum absolute atomic E-state index is 11.7. The number of nitrogens with one attached hydrogen (secondary N) is 2. The third-order valence-electron chi connectivity index (χ3n) is 3.75. The molecule has 0 radical (unpaired) electrons. The first-order valence-corrected chi connectivity index (χ1v) is 9.76. The lowest BCUT2D eigenvalue weighted by atomic mass is 10.1. The van der Waals surface area contributed by atoms with E-state index in [-0.39, 0.29) is 5.91 Å². The van der Waals surface area contributed by atoms with Crippen LogP contribution in [-0.2, 0) is 11.2 Å². The number of thiocarbonyl (C=S) groups is 1. The SMILES string of the molecule is CC(C)CC(=O)NC(=S)Nc1ccc(Cc2nc3ccccc3s2)cc1. The van der Waals surface area contributed by atoms with Crippen molar-refractivity contribution in [3.8, 4) is 0 Å². The van der Waals surface area contributed by atoms with E-state index < -0.39 is 0 Å². The van der Waals surface area contributed by atoms with Crippen molar-refractivity contribution in [3.63, 3.8) is 0 Å². The van der Waals surface area contributed by atoms with Gasteiger partial charge in [-0.3, -0.25) is 4.79 Å². The quantitative estimate of drug-likeness (QED) is 0.625. The Morgan fingerprint density at radius 2 is 1.88 bits per heavy atom. The molecule has 0 aliphatic carbocycles. The Balaban J connectivity index is 1.58. The van der Waals surface area contributed by atoms with Gasteiger partial charge in [0.25, 0.3) is 0 Å². The van der Waals surface area contributed by atoms with Gasteiger partial charge >= 0.3 is 0 Å². The summed E-state index contributed by atoms with van der Waals surface area (Å²) in [5, 5.41) is 7.18. The molecule has 1 aromatic heterocycles. The van der Waals surface area contributed by atoms with Gasteiger partial charge in [-0.05, 0) is 48.0 Å². The molecule has 0 aliphatic rings. The zero-order chi connectivity index (χ0) is 18.5. The van der Waals surface area contributed by atoms with Crippen LogP contribution in [0.1, 0.15) is 30.8 Å². The molecular formula is C20H21N3OS2. The lowest BCUT2D eigenvalue weighted by Gasteiger charge is -2.11. The molecule has 0 saturated carbocycles. The molecule has 26 heavy (non-hydrogen) atoms. The maximum Gasteiger partial charge on any atom is 0.226 e. The molecule has 0 unspecified atom stereocenters. The second-order valence-corrected chi connectivity index (χ2v) is 8.07. The molecule has 0 saturated heterocycles. The fourth-order valence-corrected chi connectivity index (χ4v) is 3.82. The topological polar surface area (TPSA) is 54.0 Å². The summed E-state index contributed by atoms with van der Waals surface area (Å²) < 4.78 is 1.21. The smallest absolute Gasteiger partial charge is 0.226 e. The zero-order valence-electron chi connectivity index (χ0n) is 14.8. The summed E-state index contributed by atoms with van der Waals surface area (Å²) in [6.45, 7) is 4.00. The van der Waals surface area contributed by atoms with Crippen LogP contribution in [-0.4, -0.2) is 16.0 Å². The van der Waals surface area contributed by atoms with Crippen LogP contribution in [0.5, 0.6) is 0 Å². The summed E-state index contributed by atoms with van der Waals surface area (Å²) >= 11 is 6.91. The van der Waals surface area contributed by atoms with Crippen LogP contribution in [0, 0.1) is 5.92 Å². The molecule has 0 aliphatic heterocycles. The summed E-state index contributed by atoms with van der Waals surface area (Å²) in [7, 11) is 0. The zero-order valence-corrected chi connectivity index (χ0v) is 16.4. The van der Waals surface area contributed by atoms with E-state index in [9.17, 15) is 4.79 Å². The summed E-state index contributed by atoms with van der Waals surface area (Å²) in [6, 6.07) is 16.2. The molecule has 134 valence electrons. The van der Waals surface area contributed by atoms with Crippen molar-refractivity contribution in [1.82, 2.24) is 10.3 Å². The highest BCUT2D eigenvalue weighted by molar-refractivity contribution is 7.80. The average Bonchev–Trinajstić information content (AvgIpc) is 2.98. The Morgan fingerprint density at radius 3 is 2.58 bits per heavy atom. The number of carbonyl (C=O) groups excluding carboxylic acids is 1. The van der Waals surface area contributed by atoms with Crippen molar-refractivity contribution in [2.45, 2.75) is 26.7 Å². The molecule has 2 aromatic carbocycles. The molecule has 0 atom stereocenters. The van der Waals surface area contributed by atoms with Gasteiger partial charge in [0.2, 0.25) is 5.91 Å². The molecule has 0 bridgehead atoms. The Morgan fingerprint density at radius 1 is 1.15 bits per heavy atom. The van der Waals surface area contributed by atoms with Crippen molar-refractivity contribution in [2.24, 2.45) is 5.92 Å². The summed E-state index contributed by atoms with van der Waals surface area (Å²) in [5.74, 6) is 0.240. The Kier molecular flexibility index (Phi) is 5.96. The van der Waals surface area contributed by atoms with Crippen LogP contribution in [0.2, 0.25) is 0 Å². The molecule has 0 fully saturated rings. The van der Waals surface area contributed by atoms with Gasteiger partial charge in [0.05, 0.1) is 15.2 Å². The number of aromatic nitrogens is 1. The number of hydrogen-bond donors (Lipinski definition) is 2. The monoisotopic (exact) mass is 383 g/mol. The minimum Gasteiger partial charge on any atom is -0.332 e. The number of carbonyl (C=O) groups is 1. The highest BCUT2D eigenvalue weighted by Crippen LogP contribution is 2.24. The Bertz CT molecular complexity index is 883. The molecule has 4 nitrogen and oxygen atoms in total. The fraction of sp³-hybridized carbons (Fsp3) is 0.250. The van der Waals surface area contributed by atoms with E-state index in [0.29, 0.717) is 17.5 Å². The van der Waals surface area contributed by atoms with Crippen molar-refractivity contribution < 1.29 is 4.79 Å². The fourth-order valence-electron chi connectivity index (χ4n) is 2.59. The normalized spacial score (nSPS) is 10.9. The van der Waals surface area contributed by atoms with Crippen molar-refractivity contribution >= 4 is 50.5 Å². The molecule has 1 amide bonds. The third-order valence-corrected chi connectivity index (χ3v) is 4.99. The summed E-state index contributed by atoms with van der Waals surface area (Å²) in [4.78, 5) is 16.4. The Hall–Kier alpha value is -2.31. The highest BCUT2D eigenvalue weighted by Gasteiger charge is 2.08. The highest BCUT2D eigenvalue weighted by atomic mass is 32.1. The lowest BCUT2D eigenvalue weighted by molar-refractivity contribution is -0.120. The molecule has 6 heteroatoms. The summed E-state index contributed by atoms with van der Waals surface area (Å²) in [6.07, 6.45) is 1.26. The number of hydrogen-bond acceptors (Lipinski definition) is 4. The van der Waals surface area contributed by atoms with Crippen LogP contribution < -0.4 is 10.6 Å². The van der Waals surface area contributed by atoms with Crippen LogP contribution in [0.3, 0.4) is 0 Å². The standard InChI is InChI=1S/C20H21N3OS2/c1-13(2)11-18(24)23-20(25)21-15-9-7-14(8-10-15)12-19-22-16-5-3-4-6-17(16)26-19/h3-10,13H,11-12H2,1-2H3,(H2,21,23,24,25). The first-order valence-electron chi connectivity index (χ1n) is 8.54. The van der Waals surface area contributed by atoms with E-state index in [1.807, 2.05) is 56.3 Å². The van der Waals surface area contributed by atoms with Crippen molar-refractivity contribution in [2.75, 3.05) is 5.32 Å². The van der Waals surface area contributed by atoms with E-state index in [4.69, 9.17) is 12.2 Å². The second kappa shape index (κ2) is 8.38. The van der Waals surface area contributed by atoms with Crippen LogP contribution in [0.15, 0.2) is 48.5 Å².